The van der Waals surface area contributed by atoms with Crippen LogP contribution in [0.4, 0.5) is 0 Å². The maximum absolute atomic E-state index is 14.9. The molecule has 2 saturated carbocycles. The topological polar surface area (TPSA) is 164 Å². The summed E-state index contributed by atoms with van der Waals surface area (Å²) in [6.45, 7) is 15.0. The third kappa shape index (κ3) is 9.99. The van der Waals surface area contributed by atoms with Gasteiger partial charge in [-0.1, -0.05) is 69.8 Å². The highest BCUT2D eigenvalue weighted by Gasteiger charge is 2.62. The zero-order valence-electron chi connectivity index (χ0n) is 34.1. The summed E-state index contributed by atoms with van der Waals surface area (Å²) in [5.41, 5.74) is -0.320. The van der Waals surface area contributed by atoms with Gasteiger partial charge in [-0.3, -0.25) is 23.9 Å². The number of methoxy groups -OCH3 is 1. The third-order valence-corrected chi connectivity index (χ3v) is 13.4. The van der Waals surface area contributed by atoms with Crippen LogP contribution in [0.5, 0.6) is 0 Å². The number of likely N-dealkylation sites (tertiary alicyclic amines) is 2. The standard InChI is InChI=1S/C44H57N5O8S/c1-7-31-27-44(31,42(53)47-58(54,55)35-19-20-35)46-40(51)38-25-34(28-49(38)41(52)36(43(3,4)5)26-39(50)48-21-12-9-13-22-48)57-33-18-14-17-32(56-6)23-29(2)45-37(24-33)30-15-10-8-11-16-30/h7-8,10-11,14-17,23-24,31,34-36,38H,1-2,9,12-13,18-22,25-28H2,3-6H3,(H,46,51)(H,47,53)/b17-14-,32-23+,33-24+,45-37?/t31?,34-,36-,38+,44-/m1/s1. The van der Waals surface area contributed by atoms with Gasteiger partial charge in [-0.2, -0.15) is 0 Å². The van der Waals surface area contributed by atoms with E-state index >= 15 is 0 Å². The summed E-state index contributed by atoms with van der Waals surface area (Å²) in [5, 5.41) is 2.23. The Morgan fingerprint density at radius 2 is 1.78 bits per heavy atom. The predicted octanol–water partition coefficient (Wildman–Crippen LogP) is 5.08. The lowest BCUT2D eigenvalue weighted by molar-refractivity contribution is -0.148. The molecule has 2 N–H and O–H groups in total. The van der Waals surface area contributed by atoms with Crippen LogP contribution in [0.15, 0.2) is 96.1 Å². The molecule has 1 unspecified atom stereocenters. The van der Waals surface area contributed by atoms with Gasteiger partial charge in [-0.15, -0.1) is 6.58 Å². The third-order valence-electron chi connectivity index (χ3n) is 11.6. The quantitative estimate of drug-likeness (QED) is 0.261. The van der Waals surface area contributed by atoms with Crippen molar-refractivity contribution in [2.24, 2.45) is 22.2 Å². The molecule has 13 nitrogen and oxygen atoms in total. The molecule has 5 aliphatic rings. The molecule has 3 aliphatic heterocycles. The summed E-state index contributed by atoms with van der Waals surface area (Å²) < 4.78 is 40.0. The first-order valence-corrected chi connectivity index (χ1v) is 21.8. The number of aliphatic imine (C=N–C) groups is 1. The molecule has 0 aromatic heterocycles. The number of ether oxygens (including phenoxy) is 2. The highest BCUT2D eigenvalue weighted by Crippen LogP contribution is 2.46. The van der Waals surface area contributed by atoms with Gasteiger partial charge < -0.3 is 24.6 Å². The van der Waals surface area contributed by atoms with Crippen molar-refractivity contribution in [1.82, 2.24) is 19.8 Å². The Labute approximate surface area is 342 Å². The predicted molar refractivity (Wildman–Crippen MR) is 221 cm³/mol. The van der Waals surface area contributed by atoms with Crippen LogP contribution in [0.3, 0.4) is 0 Å². The molecule has 3 heterocycles. The lowest BCUT2D eigenvalue weighted by Crippen LogP contribution is -2.57. The van der Waals surface area contributed by atoms with Gasteiger partial charge in [0.25, 0.3) is 5.91 Å². The van der Waals surface area contributed by atoms with Crippen LogP contribution in [-0.4, -0.2) is 97.2 Å². The second kappa shape index (κ2) is 17.5. The number of piperidine rings is 1. The van der Waals surface area contributed by atoms with Gasteiger partial charge >= 0.3 is 0 Å². The molecular weight excluding hydrogens is 759 g/mol. The molecule has 58 heavy (non-hydrogen) atoms. The average molecular weight is 816 g/mol. The molecule has 0 bridgehead atoms. The van der Waals surface area contributed by atoms with E-state index in [0.29, 0.717) is 55.3 Å². The number of sulfonamides is 1. The van der Waals surface area contributed by atoms with Gasteiger partial charge in [0.2, 0.25) is 27.7 Å². The molecule has 0 spiro atoms. The number of rotatable bonds is 13. The molecule has 312 valence electrons. The highest BCUT2D eigenvalue weighted by atomic mass is 32.2. The number of nitrogens with zero attached hydrogens (tertiary/aromatic N) is 3. The van der Waals surface area contributed by atoms with Gasteiger partial charge in [0.1, 0.15) is 29.2 Å². The smallest absolute Gasteiger partial charge is 0.259 e. The first-order chi connectivity index (χ1) is 27.5. The van der Waals surface area contributed by atoms with Crippen molar-refractivity contribution in [2.45, 2.75) is 101 Å². The van der Waals surface area contributed by atoms with Crippen molar-refractivity contribution in [3.8, 4) is 0 Å². The Morgan fingerprint density at radius 1 is 1.07 bits per heavy atom. The van der Waals surface area contributed by atoms with Crippen molar-refractivity contribution in [1.29, 1.82) is 0 Å². The minimum absolute atomic E-state index is 0.0192. The van der Waals surface area contributed by atoms with E-state index in [9.17, 15) is 27.6 Å². The minimum Gasteiger partial charge on any atom is -0.497 e. The summed E-state index contributed by atoms with van der Waals surface area (Å²) in [4.78, 5) is 64.8. The van der Waals surface area contributed by atoms with Crippen LogP contribution >= 0.6 is 0 Å². The Kier molecular flexibility index (Phi) is 12.8. The first kappa shape index (κ1) is 42.6. The Hall–Kier alpha value is -4.98. The largest absolute Gasteiger partial charge is 0.497 e. The van der Waals surface area contributed by atoms with Crippen LogP contribution in [0, 0.1) is 17.3 Å². The van der Waals surface area contributed by atoms with E-state index < -0.39 is 62.0 Å². The molecule has 1 aromatic carbocycles. The number of carbonyl (C=O) groups excluding carboxylic acids is 4. The molecule has 4 amide bonds. The molecule has 4 fully saturated rings. The van der Waals surface area contributed by atoms with Gasteiger partial charge in [0, 0.05) is 56.0 Å². The SMILES string of the molecule is C=CC1C[C@]1(NC(=O)[C@@H]1C[C@@H](O/C2=C/C(c3ccccc3)=NC(=C)/C=C(OC)\C=C/C2)CN1C(=O)[C@@H](CC(=O)N1CCCCC1)C(C)(C)C)C(=O)NS(=O)(=O)C1CC1. The van der Waals surface area contributed by atoms with Crippen LogP contribution in [-0.2, 0) is 38.7 Å². The van der Waals surface area contributed by atoms with Gasteiger partial charge in [-0.25, -0.2) is 13.4 Å². The fourth-order valence-electron chi connectivity index (χ4n) is 7.92. The molecule has 2 aliphatic carbocycles. The van der Waals surface area contributed by atoms with E-state index in [2.05, 4.69) is 23.2 Å². The van der Waals surface area contributed by atoms with E-state index in [1.807, 2.05) is 68.2 Å². The Balaban J connectivity index is 1.31. The second-order valence-corrected chi connectivity index (χ2v) is 19.0. The summed E-state index contributed by atoms with van der Waals surface area (Å²) in [7, 11) is -2.34. The Bertz CT molecular complexity index is 2020. The molecular formula is C44H57N5O8S. The summed E-state index contributed by atoms with van der Waals surface area (Å²) in [6.07, 6.45) is 12.4. The van der Waals surface area contributed by atoms with Gasteiger partial charge in [0.15, 0.2) is 0 Å². The summed E-state index contributed by atoms with van der Waals surface area (Å²) in [6, 6.07) is 8.47. The zero-order valence-corrected chi connectivity index (χ0v) is 34.9. The molecule has 2 saturated heterocycles. The monoisotopic (exact) mass is 815 g/mol. The highest BCUT2D eigenvalue weighted by molar-refractivity contribution is 7.91. The van der Waals surface area contributed by atoms with Crippen molar-refractivity contribution < 1.29 is 37.1 Å². The average Bonchev–Trinajstić information content (AvgIpc) is 4.12. The Morgan fingerprint density at radius 3 is 2.40 bits per heavy atom. The van der Waals surface area contributed by atoms with Gasteiger partial charge in [0.05, 0.1) is 36.2 Å². The molecule has 14 heteroatoms. The first-order valence-electron chi connectivity index (χ1n) is 20.3. The number of allylic oxidation sites excluding steroid dienone is 4. The van der Waals surface area contributed by atoms with E-state index in [4.69, 9.17) is 14.5 Å². The van der Waals surface area contributed by atoms with Crippen LogP contribution in [0.2, 0.25) is 0 Å². The summed E-state index contributed by atoms with van der Waals surface area (Å²) >= 11 is 0. The lowest BCUT2D eigenvalue weighted by atomic mass is 9.77. The lowest BCUT2D eigenvalue weighted by Gasteiger charge is -2.36. The van der Waals surface area contributed by atoms with Crippen LogP contribution in [0.25, 0.3) is 0 Å². The molecule has 5 atom stereocenters. The number of nitrogens with one attached hydrogen (secondary N) is 2. The minimum atomic E-state index is -3.90. The van der Waals surface area contributed by atoms with E-state index in [-0.39, 0.29) is 37.6 Å². The number of amides is 4. The van der Waals surface area contributed by atoms with E-state index in [0.717, 1.165) is 24.8 Å². The zero-order chi connectivity index (χ0) is 41.8. The normalized spacial score (nSPS) is 28.0. The maximum Gasteiger partial charge on any atom is 0.259 e. The van der Waals surface area contributed by atoms with Crippen molar-refractivity contribution >= 4 is 39.4 Å². The summed E-state index contributed by atoms with van der Waals surface area (Å²) in [5.74, 6) is -2.12. The molecule has 0 radical (unpaired) electrons. The van der Waals surface area contributed by atoms with Crippen molar-refractivity contribution in [2.75, 3.05) is 26.7 Å². The number of benzene rings is 1. The maximum atomic E-state index is 14.9. The fraction of sp³-hybridized carbons (Fsp3) is 0.523. The number of hydrogen-bond acceptors (Lipinski definition) is 9. The van der Waals surface area contributed by atoms with Crippen LogP contribution < -0.4 is 10.0 Å². The van der Waals surface area contributed by atoms with Gasteiger partial charge in [-0.05, 0) is 50.0 Å². The fourth-order valence-corrected chi connectivity index (χ4v) is 9.28. The molecule has 1 aromatic rings. The van der Waals surface area contributed by atoms with E-state index in [1.54, 1.807) is 19.3 Å². The number of carbonyl (C=O) groups is 4. The molecule has 6 rings (SSSR count). The second-order valence-electron chi connectivity index (χ2n) is 17.1. The van der Waals surface area contributed by atoms with E-state index in [1.165, 1.54) is 11.0 Å². The van der Waals surface area contributed by atoms with Crippen molar-refractivity contribution in [3.63, 3.8) is 0 Å². The van der Waals surface area contributed by atoms with Crippen LogP contribution in [0.1, 0.15) is 84.1 Å². The van der Waals surface area contributed by atoms with Crippen molar-refractivity contribution in [3.05, 3.63) is 96.6 Å². The number of hydrogen-bond donors (Lipinski definition) is 2.